The molecule has 2 aromatic rings. The molecular weight excluding hydrogens is 347 g/mol. The summed E-state index contributed by atoms with van der Waals surface area (Å²) in [5.74, 6) is 0.671. The second kappa shape index (κ2) is 9.03. The van der Waals surface area contributed by atoms with Crippen molar-refractivity contribution in [2.24, 2.45) is 4.99 Å². The highest BCUT2D eigenvalue weighted by Gasteiger charge is 2.20. The predicted octanol–water partition coefficient (Wildman–Crippen LogP) is 3.92. The number of nitrogens with zero attached hydrogens (tertiary/aromatic N) is 2. The van der Waals surface area contributed by atoms with E-state index in [0.29, 0.717) is 18.2 Å². The molecule has 0 aliphatic carbocycles. The molecule has 4 nitrogen and oxygen atoms in total. The highest BCUT2D eigenvalue weighted by Crippen LogP contribution is 2.24. The Balaban J connectivity index is 1.55. The fourth-order valence-corrected chi connectivity index (χ4v) is 3.97. The Kier molecular flexibility index (Phi) is 6.50. The van der Waals surface area contributed by atoms with Crippen LogP contribution in [0.25, 0.3) is 0 Å². The Hall–Kier alpha value is -2.08. The van der Waals surface area contributed by atoms with Gasteiger partial charge < -0.3 is 15.5 Å². The molecular formula is C20H27FN4S. The largest absolute Gasteiger partial charge is 0.363 e. The zero-order chi connectivity index (χ0) is 18.4. The van der Waals surface area contributed by atoms with Crippen LogP contribution in [0.15, 0.2) is 40.7 Å². The van der Waals surface area contributed by atoms with Crippen LogP contribution >= 0.6 is 11.3 Å². The van der Waals surface area contributed by atoms with E-state index in [9.17, 15) is 4.39 Å². The molecule has 1 aromatic carbocycles. The van der Waals surface area contributed by atoms with Crippen molar-refractivity contribution in [1.82, 2.24) is 10.6 Å². The van der Waals surface area contributed by atoms with E-state index in [4.69, 9.17) is 0 Å². The third kappa shape index (κ3) is 4.97. The van der Waals surface area contributed by atoms with Crippen molar-refractivity contribution in [3.8, 4) is 0 Å². The van der Waals surface area contributed by atoms with Crippen molar-refractivity contribution < 1.29 is 4.39 Å². The number of aliphatic imine (C=N–C) groups is 1. The second-order valence-corrected chi connectivity index (χ2v) is 7.56. The average molecular weight is 375 g/mol. The predicted molar refractivity (Wildman–Crippen MR) is 109 cm³/mol. The second-order valence-electron chi connectivity index (χ2n) is 6.64. The number of anilines is 1. The number of hydrogen-bond acceptors (Lipinski definition) is 3. The lowest BCUT2D eigenvalue weighted by atomic mass is 10.1. The number of rotatable bonds is 5. The third-order valence-electron chi connectivity index (χ3n) is 4.64. The first kappa shape index (κ1) is 18.7. The van der Waals surface area contributed by atoms with Crippen LogP contribution in [0.2, 0.25) is 0 Å². The van der Waals surface area contributed by atoms with Crippen LogP contribution in [0.4, 0.5) is 9.39 Å². The van der Waals surface area contributed by atoms with Crippen molar-refractivity contribution in [3.63, 3.8) is 0 Å². The summed E-state index contributed by atoms with van der Waals surface area (Å²) in [7, 11) is 0. The molecule has 1 fully saturated rings. The van der Waals surface area contributed by atoms with Crippen molar-refractivity contribution in [2.45, 2.75) is 39.3 Å². The van der Waals surface area contributed by atoms with Gasteiger partial charge in [-0.2, -0.15) is 0 Å². The van der Waals surface area contributed by atoms with E-state index < -0.39 is 0 Å². The highest BCUT2D eigenvalue weighted by molar-refractivity contribution is 7.14. The maximum atomic E-state index is 13.4. The minimum Gasteiger partial charge on any atom is -0.363 e. The number of guanidine groups is 1. The van der Waals surface area contributed by atoms with Crippen molar-refractivity contribution >= 4 is 22.3 Å². The number of benzene rings is 1. The van der Waals surface area contributed by atoms with Gasteiger partial charge >= 0.3 is 0 Å². The van der Waals surface area contributed by atoms with E-state index in [1.54, 1.807) is 24.3 Å². The van der Waals surface area contributed by atoms with Gasteiger partial charge in [-0.3, -0.25) is 0 Å². The zero-order valence-corrected chi connectivity index (χ0v) is 16.3. The molecule has 0 saturated carbocycles. The fraction of sp³-hybridized carbons (Fsp3) is 0.450. The monoisotopic (exact) mass is 374 g/mol. The molecule has 3 rings (SSSR count). The number of nitrogens with one attached hydrogen (secondary N) is 2. The molecule has 1 aliphatic heterocycles. The zero-order valence-electron chi connectivity index (χ0n) is 15.5. The van der Waals surface area contributed by atoms with Crippen LogP contribution < -0.4 is 15.5 Å². The highest BCUT2D eigenvalue weighted by atomic mass is 32.1. The first-order valence-electron chi connectivity index (χ1n) is 9.24. The SMILES string of the molecule is CCNC(=NCc1ccc(F)c(C)c1)NC1CCN(c2cccs2)CC1. The summed E-state index contributed by atoms with van der Waals surface area (Å²) in [6, 6.07) is 9.91. The minimum atomic E-state index is -0.166. The smallest absolute Gasteiger partial charge is 0.191 e. The number of aryl methyl sites for hydroxylation is 1. The Morgan fingerprint density at radius 2 is 2.12 bits per heavy atom. The van der Waals surface area contributed by atoms with Gasteiger partial charge in [0.2, 0.25) is 0 Å². The van der Waals surface area contributed by atoms with E-state index in [-0.39, 0.29) is 5.82 Å². The van der Waals surface area contributed by atoms with Gasteiger partial charge in [0.25, 0.3) is 0 Å². The molecule has 2 heterocycles. The van der Waals surface area contributed by atoms with Gasteiger partial charge in [-0.15, -0.1) is 11.3 Å². The molecule has 0 unspecified atom stereocenters. The van der Waals surface area contributed by atoms with Gasteiger partial charge in [0.15, 0.2) is 5.96 Å². The summed E-state index contributed by atoms with van der Waals surface area (Å²) in [5, 5.41) is 10.4. The lowest BCUT2D eigenvalue weighted by molar-refractivity contribution is 0.463. The van der Waals surface area contributed by atoms with Crippen LogP contribution in [-0.2, 0) is 6.54 Å². The molecule has 140 valence electrons. The van der Waals surface area contributed by atoms with Gasteiger partial charge in [-0.1, -0.05) is 12.1 Å². The standard InChI is InChI=1S/C20H27FN4S/c1-3-22-20(23-14-16-6-7-18(21)15(2)13-16)24-17-8-10-25(11-9-17)19-5-4-12-26-19/h4-7,12-13,17H,3,8-11,14H2,1-2H3,(H2,22,23,24). The van der Waals surface area contributed by atoms with Crippen molar-refractivity contribution in [1.29, 1.82) is 0 Å². The Bertz CT molecular complexity index is 721. The lowest BCUT2D eigenvalue weighted by Crippen LogP contribution is -2.48. The van der Waals surface area contributed by atoms with Crippen molar-refractivity contribution in [3.05, 3.63) is 52.7 Å². The van der Waals surface area contributed by atoms with E-state index in [1.165, 1.54) is 11.1 Å². The fourth-order valence-electron chi connectivity index (χ4n) is 3.18. The summed E-state index contributed by atoms with van der Waals surface area (Å²) in [5.41, 5.74) is 1.69. The number of hydrogen-bond donors (Lipinski definition) is 2. The molecule has 2 N–H and O–H groups in total. The molecule has 0 spiro atoms. The van der Waals surface area contributed by atoms with Gasteiger partial charge in [0.1, 0.15) is 5.82 Å². The Morgan fingerprint density at radius 1 is 1.31 bits per heavy atom. The summed E-state index contributed by atoms with van der Waals surface area (Å²) in [4.78, 5) is 7.13. The van der Waals surface area contributed by atoms with Crippen LogP contribution in [0, 0.1) is 12.7 Å². The molecule has 0 radical (unpaired) electrons. The summed E-state index contributed by atoms with van der Waals surface area (Å²) < 4.78 is 13.4. The Labute approximate surface area is 159 Å². The molecule has 0 amide bonds. The molecule has 1 aromatic heterocycles. The third-order valence-corrected chi connectivity index (χ3v) is 5.57. The molecule has 1 saturated heterocycles. The van der Waals surface area contributed by atoms with E-state index >= 15 is 0 Å². The van der Waals surface area contributed by atoms with E-state index in [1.807, 2.05) is 6.07 Å². The van der Waals surface area contributed by atoms with Gasteiger partial charge in [-0.05, 0) is 61.4 Å². The molecule has 1 aliphatic rings. The molecule has 0 atom stereocenters. The first-order chi connectivity index (χ1) is 12.7. The minimum absolute atomic E-state index is 0.166. The maximum absolute atomic E-state index is 13.4. The van der Waals surface area contributed by atoms with Crippen molar-refractivity contribution in [2.75, 3.05) is 24.5 Å². The van der Waals surface area contributed by atoms with E-state index in [0.717, 1.165) is 44.0 Å². The topological polar surface area (TPSA) is 39.7 Å². The van der Waals surface area contributed by atoms with Gasteiger partial charge in [0, 0.05) is 25.7 Å². The first-order valence-corrected chi connectivity index (χ1v) is 10.1. The number of thiophene rings is 1. The van der Waals surface area contributed by atoms with Crippen LogP contribution in [0.3, 0.4) is 0 Å². The van der Waals surface area contributed by atoms with Crippen LogP contribution in [0.5, 0.6) is 0 Å². The normalized spacial score (nSPS) is 16.0. The quantitative estimate of drug-likeness (QED) is 0.616. The summed E-state index contributed by atoms with van der Waals surface area (Å²) in [6.07, 6.45) is 2.19. The number of halogens is 1. The maximum Gasteiger partial charge on any atom is 0.191 e. The lowest BCUT2D eigenvalue weighted by Gasteiger charge is -2.33. The average Bonchev–Trinajstić information content (AvgIpc) is 3.18. The molecule has 26 heavy (non-hydrogen) atoms. The van der Waals surface area contributed by atoms with Gasteiger partial charge in [0.05, 0.1) is 11.5 Å². The molecule has 6 heteroatoms. The molecule has 0 bridgehead atoms. The summed E-state index contributed by atoms with van der Waals surface area (Å²) in [6.45, 7) is 7.35. The van der Waals surface area contributed by atoms with E-state index in [2.05, 4.69) is 45.0 Å². The van der Waals surface area contributed by atoms with Crippen LogP contribution in [0.1, 0.15) is 30.9 Å². The summed E-state index contributed by atoms with van der Waals surface area (Å²) >= 11 is 1.80. The number of piperidine rings is 1. The Morgan fingerprint density at radius 3 is 2.77 bits per heavy atom. The van der Waals surface area contributed by atoms with Crippen LogP contribution in [-0.4, -0.2) is 31.6 Å². The van der Waals surface area contributed by atoms with Gasteiger partial charge in [-0.25, -0.2) is 9.38 Å².